The summed E-state index contributed by atoms with van der Waals surface area (Å²) in [7, 11) is 1.73. The predicted octanol–water partition coefficient (Wildman–Crippen LogP) is 1.71. The number of hydrogen-bond acceptors (Lipinski definition) is 3. The van der Waals surface area contributed by atoms with Crippen LogP contribution in [0, 0.1) is 11.3 Å². The number of nitrogens with zero attached hydrogens (tertiary/aromatic N) is 2. The molecule has 3 nitrogen and oxygen atoms in total. The molecule has 0 aromatic carbocycles. The van der Waals surface area contributed by atoms with Crippen LogP contribution in [0.3, 0.4) is 0 Å². The highest BCUT2D eigenvalue weighted by Crippen LogP contribution is 2.17. The molecule has 1 aromatic heterocycles. The lowest BCUT2D eigenvalue weighted by Crippen LogP contribution is -2.25. The van der Waals surface area contributed by atoms with E-state index in [1.54, 1.807) is 23.4 Å². The van der Waals surface area contributed by atoms with Crippen LogP contribution in [0.4, 0.5) is 0 Å². The predicted molar refractivity (Wildman–Crippen MR) is 51.7 cm³/mol. The van der Waals surface area contributed by atoms with Crippen molar-refractivity contribution in [3.63, 3.8) is 0 Å². The SMILES string of the molecule is CCN(C)C(=O)c1sccc1C#N. The molecule has 1 amide bonds. The average molecular weight is 194 g/mol. The van der Waals surface area contributed by atoms with Gasteiger partial charge in [0.25, 0.3) is 5.91 Å². The number of carbonyl (C=O) groups is 1. The van der Waals surface area contributed by atoms with Gasteiger partial charge in [-0.2, -0.15) is 5.26 Å². The highest BCUT2D eigenvalue weighted by Gasteiger charge is 2.15. The first-order valence-electron chi connectivity index (χ1n) is 3.93. The number of carbonyl (C=O) groups excluding carboxylic acids is 1. The van der Waals surface area contributed by atoms with Gasteiger partial charge in [-0.15, -0.1) is 11.3 Å². The second-order valence-corrected chi connectivity index (χ2v) is 3.51. The Balaban J connectivity index is 2.96. The molecule has 0 saturated heterocycles. The molecular weight excluding hydrogens is 184 g/mol. The monoisotopic (exact) mass is 194 g/mol. The molecule has 1 rings (SSSR count). The second kappa shape index (κ2) is 4.06. The van der Waals surface area contributed by atoms with Gasteiger partial charge in [-0.05, 0) is 18.4 Å². The van der Waals surface area contributed by atoms with Gasteiger partial charge in [-0.25, -0.2) is 0 Å². The summed E-state index contributed by atoms with van der Waals surface area (Å²) >= 11 is 1.31. The van der Waals surface area contributed by atoms with E-state index in [2.05, 4.69) is 0 Å². The van der Waals surface area contributed by atoms with Crippen LogP contribution in [0.2, 0.25) is 0 Å². The topological polar surface area (TPSA) is 44.1 Å². The molecule has 0 saturated carbocycles. The Hall–Kier alpha value is -1.34. The summed E-state index contributed by atoms with van der Waals surface area (Å²) in [6.45, 7) is 2.55. The Morgan fingerprint density at radius 2 is 2.46 bits per heavy atom. The summed E-state index contributed by atoms with van der Waals surface area (Å²) in [5, 5.41) is 10.5. The number of nitriles is 1. The Labute approximate surface area is 81.2 Å². The number of amides is 1. The fourth-order valence-electron chi connectivity index (χ4n) is 0.880. The second-order valence-electron chi connectivity index (χ2n) is 2.59. The van der Waals surface area contributed by atoms with Gasteiger partial charge in [0.15, 0.2) is 0 Å². The minimum Gasteiger partial charge on any atom is -0.341 e. The van der Waals surface area contributed by atoms with Crippen molar-refractivity contribution in [3.8, 4) is 6.07 Å². The number of rotatable bonds is 2. The standard InChI is InChI=1S/C9H10N2OS/c1-3-11(2)9(12)8-7(6-10)4-5-13-8/h4-5H,3H2,1-2H3. The normalized spacial score (nSPS) is 9.31. The molecule has 0 atom stereocenters. The van der Waals surface area contributed by atoms with Crippen LogP contribution in [0.25, 0.3) is 0 Å². The van der Waals surface area contributed by atoms with Crippen molar-refractivity contribution in [3.05, 3.63) is 21.9 Å². The van der Waals surface area contributed by atoms with E-state index in [0.29, 0.717) is 17.0 Å². The van der Waals surface area contributed by atoms with Gasteiger partial charge < -0.3 is 4.90 Å². The molecule has 68 valence electrons. The minimum absolute atomic E-state index is 0.0750. The van der Waals surface area contributed by atoms with Crippen LogP contribution in [0.5, 0.6) is 0 Å². The zero-order valence-corrected chi connectivity index (χ0v) is 8.39. The van der Waals surface area contributed by atoms with E-state index >= 15 is 0 Å². The Morgan fingerprint density at radius 3 is 3.00 bits per heavy atom. The van der Waals surface area contributed by atoms with Gasteiger partial charge in [-0.1, -0.05) is 0 Å². The number of hydrogen-bond donors (Lipinski definition) is 0. The van der Waals surface area contributed by atoms with Crippen molar-refractivity contribution in [1.29, 1.82) is 5.26 Å². The molecule has 0 N–H and O–H groups in total. The largest absolute Gasteiger partial charge is 0.341 e. The molecule has 4 heteroatoms. The first kappa shape index (κ1) is 9.75. The third-order valence-electron chi connectivity index (χ3n) is 1.80. The summed E-state index contributed by atoms with van der Waals surface area (Å²) < 4.78 is 0. The molecular formula is C9H10N2OS. The molecule has 1 heterocycles. The van der Waals surface area contributed by atoms with Crippen LogP contribution in [0.15, 0.2) is 11.4 Å². The van der Waals surface area contributed by atoms with Crippen molar-refractivity contribution in [2.24, 2.45) is 0 Å². The zero-order valence-electron chi connectivity index (χ0n) is 7.57. The lowest BCUT2D eigenvalue weighted by Gasteiger charge is -2.12. The van der Waals surface area contributed by atoms with E-state index < -0.39 is 0 Å². The fourth-order valence-corrected chi connectivity index (χ4v) is 1.72. The summed E-state index contributed by atoms with van der Waals surface area (Å²) in [4.78, 5) is 13.7. The van der Waals surface area contributed by atoms with Crippen LogP contribution in [-0.4, -0.2) is 24.4 Å². The van der Waals surface area contributed by atoms with E-state index in [-0.39, 0.29) is 5.91 Å². The fraction of sp³-hybridized carbons (Fsp3) is 0.333. The first-order valence-corrected chi connectivity index (χ1v) is 4.81. The molecule has 0 aliphatic carbocycles. The highest BCUT2D eigenvalue weighted by atomic mass is 32.1. The van der Waals surface area contributed by atoms with Crippen molar-refractivity contribution >= 4 is 17.2 Å². The molecule has 0 aliphatic rings. The maximum Gasteiger partial charge on any atom is 0.265 e. The van der Waals surface area contributed by atoms with E-state index in [1.165, 1.54) is 11.3 Å². The Kier molecular flexibility index (Phi) is 3.04. The van der Waals surface area contributed by atoms with Crippen LogP contribution in [-0.2, 0) is 0 Å². The highest BCUT2D eigenvalue weighted by molar-refractivity contribution is 7.12. The van der Waals surface area contributed by atoms with Crippen molar-refractivity contribution in [2.75, 3.05) is 13.6 Å². The Bertz CT molecular complexity index is 351. The molecule has 0 aliphatic heterocycles. The molecule has 0 unspecified atom stereocenters. The third-order valence-corrected chi connectivity index (χ3v) is 2.70. The smallest absolute Gasteiger partial charge is 0.265 e. The first-order chi connectivity index (χ1) is 6.20. The van der Waals surface area contributed by atoms with Gasteiger partial charge in [0, 0.05) is 13.6 Å². The summed E-state index contributed by atoms with van der Waals surface area (Å²) in [6.07, 6.45) is 0. The van der Waals surface area contributed by atoms with Crippen LogP contribution < -0.4 is 0 Å². The van der Waals surface area contributed by atoms with E-state index in [9.17, 15) is 4.79 Å². The summed E-state index contributed by atoms with van der Waals surface area (Å²) in [5.74, 6) is -0.0750. The zero-order chi connectivity index (χ0) is 9.84. The molecule has 0 spiro atoms. The lowest BCUT2D eigenvalue weighted by molar-refractivity contribution is 0.0807. The van der Waals surface area contributed by atoms with Crippen molar-refractivity contribution in [1.82, 2.24) is 4.90 Å². The van der Waals surface area contributed by atoms with E-state index in [0.717, 1.165) is 0 Å². The van der Waals surface area contributed by atoms with Gasteiger partial charge in [0.2, 0.25) is 0 Å². The van der Waals surface area contributed by atoms with Gasteiger partial charge in [0.05, 0.1) is 5.56 Å². The maximum atomic E-state index is 11.6. The summed E-state index contributed by atoms with van der Waals surface area (Å²) in [6, 6.07) is 3.67. The van der Waals surface area contributed by atoms with E-state index in [4.69, 9.17) is 5.26 Å². The number of thiophene rings is 1. The quantitative estimate of drug-likeness (QED) is 0.719. The van der Waals surface area contributed by atoms with Crippen LogP contribution >= 0.6 is 11.3 Å². The average Bonchev–Trinajstić information content (AvgIpc) is 2.62. The molecule has 0 radical (unpaired) electrons. The molecule has 0 fully saturated rings. The van der Waals surface area contributed by atoms with Crippen molar-refractivity contribution in [2.45, 2.75) is 6.92 Å². The van der Waals surface area contributed by atoms with Gasteiger partial charge in [-0.3, -0.25) is 4.79 Å². The minimum atomic E-state index is -0.0750. The molecule has 13 heavy (non-hydrogen) atoms. The maximum absolute atomic E-state index is 11.6. The van der Waals surface area contributed by atoms with Gasteiger partial charge in [0.1, 0.15) is 10.9 Å². The lowest BCUT2D eigenvalue weighted by atomic mass is 10.2. The molecule has 0 bridgehead atoms. The third kappa shape index (κ3) is 1.87. The van der Waals surface area contributed by atoms with Crippen molar-refractivity contribution < 1.29 is 4.79 Å². The van der Waals surface area contributed by atoms with Gasteiger partial charge >= 0.3 is 0 Å². The Morgan fingerprint density at radius 1 is 1.77 bits per heavy atom. The summed E-state index contributed by atoms with van der Waals surface area (Å²) in [5.41, 5.74) is 0.468. The van der Waals surface area contributed by atoms with Crippen LogP contribution in [0.1, 0.15) is 22.2 Å². The van der Waals surface area contributed by atoms with E-state index in [1.807, 2.05) is 13.0 Å². The molecule has 1 aromatic rings.